The van der Waals surface area contributed by atoms with E-state index in [1.165, 1.54) is 16.8 Å². The SMILES string of the molecule is C#C.CC(CO)(CO)n1cc(-c2cccc3c2-c2ccccc2[C@@H]3C(F)(F)F)cn1. The molecule has 0 radical (unpaired) electrons. The average Bonchev–Trinajstić information content (AvgIpc) is 3.37. The summed E-state index contributed by atoms with van der Waals surface area (Å²) in [5, 5.41) is 23.4. The molecule has 0 aliphatic heterocycles. The van der Waals surface area contributed by atoms with Crippen molar-refractivity contribution >= 4 is 0 Å². The molecule has 3 aromatic rings. The zero-order valence-electron chi connectivity index (χ0n) is 16.3. The zero-order valence-corrected chi connectivity index (χ0v) is 16.3. The second-order valence-electron chi connectivity index (χ2n) is 7.32. The molecule has 4 nitrogen and oxygen atoms in total. The maximum Gasteiger partial charge on any atom is 0.399 e. The highest BCUT2D eigenvalue weighted by molar-refractivity contribution is 5.91. The third-order valence-electron chi connectivity index (χ3n) is 5.40. The van der Waals surface area contributed by atoms with E-state index in [4.69, 9.17) is 0 Å². The van der Waals surface area contributed by atoms with Crippen molar-refractivity contribution in [3.8, 4) is 35.1 Å². The van der Waals surface area contributed by atoms with Gasteiger partial charge in [-0.05, 0) is 34.7 Å². The minimum Gasteiger partial charge on any atom is -0.394 e. The van der Waals surface area contributed by atoms with Gasteiger partial charge in [-0.3, -0.25) is 4.68 Å². The summed E-state index contributed by atoms with van der Waals surface area (Å²) in [6.45, 7) is 1.00. The molecular formula is C23H21F3N2O2. The Balaban J connectivity index is 0.00000124. The van der Waals surface area contributed by atoms with Crippen LogP contribution in [0.3, 0.4) is 0 Å². The molecule has 0 amide bonds. The molecular weight excluding hydrogens is 393 g/mol. The number of alkyl halides is 3. The predicted octanol–water partition coefficient (Wildman–Crippen LogP) is 4.17. The van der Waals surface area contributed by atoms with Crippen LogP contribution >= 0.6 is 0 Å². The van der Waals surface area contributed by atoms with Crippen LogP contribution in [0, 0.1) is 12.8 Å². The van der Waals surface area contributed by atoms with E-state index in [0.29, 0.717) is 22.3 Å². The molecule has 1 aromatic heterocycles. The Hall–Kier alpha value is -3.08. The van der Waals surface area contributed by atoms with Crippen LogP contribution in [0.1, 0.15) is 24.0 Å². The first-order valence-electron chi connectivity index (χ1n) is 9.19. The van der Waals surface area contributed by atoms with Gasteiger partial charge in [-0.25, -0.2) is 0 Å². The van der Waals surface area contributed by atoms with Crippen molar-refractivity contribution < 1.29 is 23.4 Å². The van der Waals surface area contributed by atoms with Crippen LogP contribution in [-0.2, 0) is 5.54 Å². The monoisotopic (exact) mass is 414 g/mol. The predicted molar refractivity (Wildman–Crippen MR) is 109 cm³/mol. The highest BCUT2D eigenvalue weighted by Crippen LogP contribution is 2.54. The van der Waals surface area contributed by atoms with Gasteiger partial charge in [0.1, 0.15) is 11.5 Å². The molecule has 0 saturated carbocycles. The number of aliphatic hydroxyl groups is 2. The number of fused-ring (bicyclic) bond motifs is 3. The molecule has 2 N–H and O–H groups in total. The van der Waals surface area contributed by atoms with Gasteiger partial charge in [-0.2, -0.15) is 18.3 Å². The van der Waals surface area contributed by atoms with Gasteiger partial charge in [0, 0.05) is 11.8 Å². The normalized spacial score (nSPS) is 15.1. The van der Waals surface area contributed by atoms with Crippen molar-refractivity contribution in [1.29, 1.82) is 0 Å². The number of hydrogen-bond acceptors (Lipinski definition) is 3. The summed E-state index contributed by atoms with van der Waals surface area (Å²) in [6.07, 6.45) is 6.80. The topological polar surface area (TPSA) is 58.3 Å². The molecule has 1 atom stereocenters. The van der Waals surface area contributed by atoms with E-state index < -0.39 is 17.6 Å². The molecule has 30 heavy (non-hydrogen) atoms. The Morgan fingerprint density at radius 1 is 0.967 bits per heavy atom. The van der Waals surface area contributed by atoms with E-state index in [2.05, 4.69) is 17.9 Å². The van der Waals surface area contributed by atoms with Crippen molar-refractivity contribution in [2.45, 2.75) is 24.6 Å². The Morgan fingerprint density at radius 2 is 1.57 bits per heavy atom. The molecule has 0 spiro atoms. The van der Waals surface area contributed by atoms with Crippen LogP contribution in [0.5, 0.6) is 0 Å². The van der Waals surface area contributed by atoms with Crippen molar-refractivity contribution in [2.24, 2.45) is 0 Å². The summed E-state index contributed by atoms with van der Waals surface area (Å²) in [4.78, 5) is 0. The van der Waals surface area contributed by atoms with Gasteiger partial charge in [0.15, 0.2) is 0 Å². The van der Waals surface area contributed by atoms with Crippen molar-refractivity contribution in [2.75, 3.05) is 13.2 Å². The maximum atomic E-state index is 13.8. The molecule has 0 saturated heterocycles. The molecule has 2 aromatic carbocycles. The third kappa shape index (κ3) is 3.38. The van der Waals surface area contributed by atoms with Gasteiger partial charge in [-0.1, -0.05) is 42.5 Å². The van der Waals surface area contributed by atoms with Gasteiger partial charge in [0.25, 0.3) is 0 Å². The minimum atomic E-state index is -4.39. The highest BCUT2D eigenvalue weighted by Gasteiger charge is 2.47. The van der Waals surface area contributed by atoms with E-state index in [1.807, 2.05) is 0 Å². The number of rotatable bonds is 4. The Labute approximate surface area is 172 Å². The van der Waals surface area contributed by atoms with Gasteiger partial charge in [0.2, 0.25) is 0 Å². The standard InChI is InChI=1S/C21H19F3N2O2.C2H2/c1-20(11-27,12-28)26-10-13(9-25-26)14-7-4-8-17-18(14)15-5-2-3-6-16(15)19(17)21(22,23)24;1-2/h2-10,19,27-28H,11-12H2,1H3;1-2H/t19-;/m0./s1. The fourth-order valence-electron chi connectivity index (χ4n) is 3.80. The molecule has 1 heterocycles. The molecule has 7 heteroatoms. The molecule has 0 fully saturated rings. The van der Waals surface area contributed by atoms with Crippen LogP contribution in [0.25, 0.3) is 22.3 Å². The highest BCUT2D eigenvalue weighted by atomic mass is 19.4. The van der Waals surface area contributed by atoms with Gasteiger partial charge in [0.05, 0.1) is 19.4 Å². The van der Waals surface area contributed by atoms with Crippen molar-refractivity contribution in [1.82, 2.24) is 9.78 Å². The second-order valence-corrected chi connectivity index (χ2v) is 7.32. The fraction of sp³-hybridized carbons (Fsp3) is 0.261. The zero-order chi connectivity index (χ0) is 22.1. The number of nitrogens with zero attached hydrogens (tertiary/aromatic N) is 2. The average molecular weight is 414 g/mol. The van der Waals surface area contributed by atoms with Crippen LogP contribution < -0.4 is 0 Å². The number of aliphatic hydroxyl groups excluding tert-OH is 2. The van der Waals surface area contributed by atoms with E-state index in [9.17, 15) is 23.4 Å². The van der Waals surface area contributed by atoms with Crippen LogP contribution in [-0.4, -0.2) is 39.4 Å². The quantitative estimate of drug-likeness (QED) is 0.630. The third-order valence-corrected chi connectivity index (χ3v) is 5.40. The van der Waals surface area contributed by atoms with Crippen molar-refractivity contribution in [3.63, 3.8) is 0 Å². The minimum absolute atomic E-state index is 0.228. The number of aromatic nitrogens is 2. The lowest BCUT2D eigenvalue weighted by Crippen LogP contribution is -2.38. The van der Waals surface area contributed by atoms with Gasteiger partial charge < -0.3 is 10.2 Å². The van der Waals surface area contributed by atoms with Crippen LogP contribution in [0.2, 0.25) is 0 Å². The van der Waals surface area contributed by atoms with E-state index in [1.54, 1.807) is 49.6 Å². The maximum absolute atomic E-state index is 13.8. The Morgan fingerprint density at radius 3 is 2.20 bits per heavy atom. The van der Waals surface area contributed by atoms with Crippen molar-refractivity contribution in [3.05, 3.63) is 66.0 Å². The summed E-state index contributed by atoms with van der Waals surface area (Å²) in [5.74, 6) is -1.66. The number of halogens is 3. The fourth-order valence-corrected chi connectivity index (χ4v) is 3.80. The van der Waals surface area contributed by atoms with E-state index >= 15 is 0 Å². The lowest BCUT2D eigenvalue weighted by Gasteiger charge is -2.25. The molecule has 0 unspecified atom stereocenters. The molecule has 4 rings (SSSR count). The summed E-state index contributed by atoms with van der Waals surface area (Å²) in [7, 11) is 0. The summed E-state index contributed by atoms with van der Waals surface area (Å²) >= 11 is 0. The summed E-state index contributed by atoms with van der Waals surface area (Å²) in [6, 6.07) is 11.5. The van der Waals surface area contributed by atoms with E-state index in [-0.39, 0.29) is 24.3 Å². The van der Waals surface area contributed by atoms with E-state index in [0.717, 1.165) is 0 Å². The summed E-state index contributed by atoms with van der Waals surface area (Å²) in [5.41, 5.74) is 1.86. The lowest BCUT2D eigenvalue weighted by atomic mass is 9.93. The summed E-state index contributed by atoms with van der Waals surface area (Å²) < 4.78 is 42.9. The Kier molecular flexibility index (Phi) is 5.75. The lowest BCUT2D eigenvalue weighted by molar-refractivity contribution is -0.140. The van der Waals surface area contributed by atoms with Gasteiger partial charge in [-0.15, -0.1) is 12.8 Å². The second kappa shape index (κ2) is 7.98. The smallest absolute Gasteiger partial charge is 0.394 e. The molecule has 1 aliphatic rings. The molecule has 1 aliphatic carbocycles. The first kappa shape index (κ1) is 21.6. The molecule has 156 valence electrons. The first-order valence-corrected chi connectivity index (χ1v) is 9.19. The van der Waals surface area contributed by atoms with Crippen LogP contribution in [0.15, 0.2) is 54.9 Å². The largest absolute Gasteiger partial charge is 0.399 e. The van der Waals surface area contributed by atoms with Gasteiger partial charge >= 0.3 is 6.18 Å². The van der Waals surface area contributed by atoms with Crippen LogP contribution in [0.4, 0.5) is 13.2 Å². The number of hydrogen-bond donors (Lipinski definition) is 2. The first-order chi connectivity index (χ1) is 14.3. The Bertz CT molecular complexity index is 1070. The number of terminal acetylenes is 1. The number of benzene rings is 2. The molecule has 0 bridgehead atoms.